The molecule has 2 rings (SSSR count). The van der Waals surface area contributed by atoms with Crippen LogP contribution in [0.2, 0.25) is 0 Å². The minimum Gasteiger partial charge on any atom is -0.365 e. The molecule has 1 heterocycles. The zero-order valence-corrected chi connectivity index (χ0v) is 8.60. The molecule has 0 radical (unpaired) electrons. The molecular weight excluding hydrogens is 190 g/mol. The summed E-state index contributed by atoms with van der Waals surface area (Å²) in [6.07, 6.45) is 1.63. The van der Waals surface area contributed by atoms with E-state index in [1.54, 1.807) is 0 Å². The average Bonchev–Trinajstić information content (AvgIpc) is 2.63. The molecule has 0 aliphatic rings. The SMILES string of the molecule is Cc1ccccc1CCc1nc(N)no1. The van der Waals surface area contributed by atoms with Crippen molar-refractivity contribution in [2.45, 2.75) is 19.8 Å². The quantitative estimate of drug-likeness (QED) is 0.825. The third-order valence-corrected chi connectivity index (χ3v) is 2.35. The molecule has 2 aromatic rings. The van der Waals surface area contributed by atoms with E-state index < -0.39 is 0 Å². The van der Waals surface area contributed by atoms with Crippen molar-refractivity contribution >= 4 is 5.95 Å². The number of nitrogens with zero attached hydrogens (tertiary/aromatic N) is 2. The summed E-state index contributed by atoms with van der Waals surface area (Å²) in [4.78, 5) is 3.96. The predicted octanol–water partition coefficient (Wildman–Crippen LogP) is 1.75. The lowest BCUT2D eigenvalue weighted by Gasteiger charge is -2.02. The molecule has 0 saturated carbocycles. The zero-order valence-electron chi connectivity index (χ0n) is 8.60. The predicted molar refractivity (Wildman–Crippen MR) is 57.3 cm³/mol. The first-order valence-electron chi connectivity index (χ1n) is 4.88. The van der Waals surface area contributed by atoms with Crippen LogP contribution in [0.1, 0.15) is 17.0 Å². The Morgan fingerprint density at radius 2 is 2.07 bits per heavy atom. The number of benzene rings is 1. The summed E-state index contributed by atoms with van der Waals surface area (Å²) in [6.45, 7) is 2.09. The van der Waals surface area contributed by atoms with Crippen molar-refractivity contribution in [2.24, 2.45) is 0 Å². The van der Waals surface area contributed by atoms with E-state index in [0.29, 0.717) is 5.89 Å². The Balaban J connectivity index is 2.02. The first kappa shape index (κ1) is 9.71. The van der Waals surface area contributed by atoms with E-state index in [-0.39, 0.29) is 5.95 Å². The third-order valence-electron chi connectivity index (χ3n) is 2.35. The number of aromatic nitrogens is 2. The second-order valence-electron chi connectivity index (χ2n) is 3.47. The standard InChI is InChI=1S/C11H13N3O/c1-8-4-2-3-5-9(8)6-7-10-13-11(12)14-15-10/h2-5H,6-7H2,1H3,(H2,12,14). The van der Waals surface area contributed by atoms with Crippen molar-refractivity contribution in [3.8, 4) is 0 Å². The van der Waals surface area contributed by atoms with Crippen molar-refractivity contribution in [1.29, 1.82) is 0 Å². The largest absolute Gasteiger partial charge is 0.365 e. The van der Waals surface area contributed by atoms with Crippen LogP contribution < -0.4 is 5.73 Å². The fourth-order valence-corrected chi connectivity index (χ4v) is 1.50. The summed E-state index contributed by atoms with van der Waals surface area (Å²) < 4.78 is 4.94. The molecule has 15 heavy (non-hydrogen) atoms. The molecule has 0 spiro atoms. The van der Waals surface area contributed by atoms with E-state index in [0.717, 1.165) is 12.8 Å². The molecule has 0 atom stereocenters. The van der Waals surface area contributed by atoms with Crippen LogP contribution in [0.25, 0.3) is 0 Å². The van der Waals surface area contributed by atoms with Gasteiger partial charge >= 0.3 is 0 Å². The van der Waals surface area contributed by atoms with E-state index in [2.05, 4.69) is 29.2 Å². The number of anilines is 1. The Hall–Kier alpha value is -1.84. The molecule has 78 valence electrons. The summed E-state index contributed by atoms with van der Waals surface area (Å²) in [5, 5.41) is 3.54. The van der Waals surface area contributed by atoms with Crippen molar-refractivity contribution in [3.63, 3.8) is 0 Å². The van der Waals surface area contributed by atoms with Crippen molar-refractivity contribution in [1.82, 2.24) is 10.1 Å². The van der Waals surface area contributed by atoms with Gasteiger partial charge in [0.2, 0.25) is 5.89 Å². The van der Waals surface area contributed by atoms with E-state index in [4.69, 9.17) is 10.3 Å². The van der Waals surface area contributed by atoms with Gasteiger partial charge in [0.1, 0.15) is 0 Å². The molecule has 4 heteroatoms. The highest BCUT2D eigenvalue weighted by Gasteiger charge is 2.04. The van der Waals surface area contributed by atoms with Gasteiger partial charge in [-0.3, -0.25) is 0 Å². The number of aryl methyl sites for hydroxylation is 3. The molecule has 2 N–H and O–H groups in total. The van der Waals surface area contributed by atoms with Gasteiger partial charge in [-0.05, 0) is 29.6 Å². The van der Waals surface area contributed by atoms with Gasteiger partial charge < -0.3 is 10.3 Å². The lowest BCUT2D eigenvalue weighted by molar-refractivity contribution is 0.379. The maximum absolute atomic E-state index is 5.36. The lowest BCUT2D eigenvalue weighted by Crippen LogP contribution is -1.94. The van der Waals surface area contributed by atoms with Crippen LogP contribution >= 0.6 is 0 Å². The highest BCUT2D eigenvalue weighted by atomic mass is 16.5. The van der Waals surface area contributed by atoms with Gasteiger partial charge in [-0.1, -0.05) is 24.3 Å². The second kappa shape index (κ2) is 4.13. The first-order valence-corrected chi connectivity index (χ1v) is 4.88. The minimum atomic E-state index is 0.204. The van der Waals surface area contributed by atoms with E-state index in [1.807, 2.05) is 12.1 Å². The third kappa shape index (κ3) is 2.34. The molecule has 4 nitrogen and oxygen atoms in total. The van der Waals surface area contributed by atoms with Gasteiger partial charge in [-0.25, -0.2) is 0 Å². The average molecular weight is 203 g/mol. The van der Waals surface area contributed by atoms with Crippen LogP contribution in [0.15, 0.2) is 28.8 Å². The Kier molecular flexibility index (Phi) is 2.67. The zero-order chi connectivity index (χ0) is 10.7. The smallest absolute Gasteiger partial charge is 0.260 e. The molecule has 0 saturated heterocycles. The van der Waals surface area contributed by atoms with Crippen LogP contribution in [0, 0.1) is 6.92 Å². The highest BCUT2D eigenvalue weighted by Crippen LogP contribution is 2.10. The lowest BCUT2D eigenvalue weighted by atomic mass is 10.0. The number of nitrogens with two attached hydrogens (primary N) is 1. The normalized spacial score (nSPS) is 10.5. The minimum absolute atomic E-state index is 0.204. The van der Waals surface area contributed by atoms with Crippen LogP contribution in [-0.4, -0.2) is 10.1 Å². The summed E-state index contributed by atoms with van der Waals surface area (Å²) in [7, 11) is 0. The summed E-state index contributed by atoms with van der Waals surface area (Å²) in [5.74, 6) is 0.797. The molecular formula is C11H13N3O. The number of rotatable bonds is 3. The fourth-order valence-electron chi connectivity index (χ4n) is 1.50. The molecule has 0 aliphatic carbocycles. The molecule has 1 aromatic carbocycles. The van der Waals surface area contributed by atoms with Gasteiger partial charge in [0.25, 0.3) is 5.95 Å². The molecule has 0 bridgehead atoms. The van der Waals surface area contributed by atoms with Crippen molar-refractivity contribution in [2.75, 3.05) is 5.73 Å². The topological polar surface area (TPSA) is 64.9 Å². The van der Waals surface area contributed by atoms with Gasteiger partial charge in [-0.15, -0.1) is 0 Å². The van der Waals surface area contributed by atoms with Gasteiger partial charge in [0.15, 0.2) is 0 Å². The second-order valence-corrected chi connectivity index (χ2v) is 3.47. The Bertz CT molecular complexity index is 451. The monoisotopic (exact) mass is 203 g/mol. The number of hydrogen-bond acceptors (Lipinski definition) is 4. The molecule has 0 aliphatic heterocycles. The molecule has 0 fully saturated rings. The van der Waals surface area contributed by atoms with E-state index in [1.165, 1.54) is 11.1 Å². The highest BCUT2D eigenvalue weighted by molar-refractivity contribution is 5.26. The van der Waals surface area contributed by atoms with Crippen molar-refractivity contribution < 1.29 is 4.52 Å². The van der Waals surface area contributed by atoms with E-state index >= 15 is 0 Å². The Morgan fingerprint density at radius 3 is 2.73 bits per heavy atom. The molecule has 1 aromatic heterocycles. The van der Waals surface area contributed by atoms with Crippen LogP contribution in [0.5, 0.6) is 0 Å². The summed E-state index contributed by atoms with van der Waals surface area (Å²) >= 11 is 0. The Labute approximate surface area is 88.1 Å². The van der Waals surface area contributed by atoms with Gasteiger partial charge in [0, 0.05) is 6.42 Å². The van der Waals surface area contributed by atoms with Gasteiger partial charge in [-0.2, -0.15) is 4.98 Å². The summed E-state index contributed by atoms with van der Waals surface area (Å²) in [5.41, 5.74) is 7.94. The molecule has 0 unspecified atom stereocenters. The van der Waals surface area contributed by atoms with Crippen LogP contribution in [0.3, 0.4) is 0 Å². The molecule has 0 amide bonds. The fraction of sp³-hybridized carbons (Fsp3) is 0.273. The number of hydrogen-bond donors (Lipinski definition) is 1. The van der Waals surface area contributed by atoms with Gasteiger partial charge in [0.05, 0.1) is 0 Å². The van der Waals surface area contributed by atoms with Crippen molar-refractivity contribution in [3.05, 3.63) is 41.3 Å². The number of nitrogen functional groups attached to an aromatic ring is 1. The van der Waals surface area contributed by atoms with Crippen LogP contribution in [-0.2, 0) is 12.8 Å². The maximum atomic E-state index is 5.36. The Morgan fingerprint density at radius 1 is 1.27 bits per heavy atom. The maximum Gasteiger partial charge on any atom is 0.260 e. The van der Waals surface area contributed by atoms with Crippen LogP contribution in [0.4, 0.5) is 5.95 Å². The van der Waals surface area contributed by atoms with E-state index in [9.17, 15) is 0 Å². The first-order chi connectivity index (χ1) is 7.25. The summed E-state index contributed by atoms with van der Waals surface area (Å²) in [6, 6.07) is 8.26.